The molecule has 0 saturated carbocycles. The molecule has 0 unspecified atom stereocenters. The van der Waals surface area contributed by atoms with Crippen LogP contribution >= 0.6 is 11.8 Å². The predicted molar refractivity (Wildman–Crippen MR) is 101 cm³/mol. The highest BCUT2D eigenvalue weighted by Gasteiger charge is 2.30. The maximum Gasteiger partial charge on any atom is 0.416 e. The molecule has 0 aliphatic rings. The zero-order chi connectivity index (χ0) is 20.3. The summed E-state index contributed by atoms with van der Waals surface area (Å²) in [5, 5.41) is 13.3. The normalized spacial score (nSPS) is 11.6. The van der Waals surface area contributed by atoms with E-state index in [1.807, 2.05) is 25.1 Å². The molecule has 0 saturated heterocycles. The van der Waals surface area contributed by atoms with Crippen molar-refractivity contribution < 1.29 is 23.1 Å². The zero-order valence-electron chi connectivity index (χ0n) is 14.9. The molecule has 0 radical (unpaired) electrons. The number of thioether (sulfide) groups is 1. The van der Waals surface area contributed by atoms with Crippen molar-refractivity contribution in [2.24, 2.45) is 0 Å². The molecule has 2 aromatic carbocycles. The van der Waals surface area contributed by atoms with E-state index in [9.17, 15) is 18.0 Å². The van der Waals surface area contributed by atoms with Crippen LogP contribution in [0.4, 0.5) is 13.2 Å². The highest BCUT2D eigenvalue weighted by molar-refractivity contribution is 7.98. The first-order chi connectivity index (χ1) is 13.2. The maximum absolute atomic E-state index is 12.7. The molecule has 0 fully saturated rings. The molecule has 8 heteroatoms. The number of benzene rings is 2. The van der Waals surface area contributed by atoms with Crippen molar-refractivity contribution in [2.45, 2.75) is 30.2 Å². The standard InChI is InChI=1S/C20H17F3N2O2S/c1-13-15(12-28-18-4-2-3-14(9-18)10-19(26)27)11-25(24-13)17-7-5-16(6-8-17)20(21,22)23/h2-9,11H,10,12H2,1H3,(H,26,27). The minimum atomic E-state index is -4.37. The summed E-state index contributed by atoms with van der Waals surface area (Å²) in [4.78, 5) is 11.8. The number of nitrogens with zero attached hydrogens (tertiary/aromatic N) is 2. The van der Waals surface area contributed by atoms with Crippen LogP contribution in [0, 0.1) is 6.92 Å². The first-order valence-corrected chi connectivity index (χ1v) is 9.37. The van der Waals surface area contributed by atoms with Gasteiger partial charge in [0.15, 0.2) is 0 Å². The fourth-order valence-corrected chi connectivity index (χ4v) is 3.67. The van der Waals surface area contributed by atoms with Gasteiger partial charge in [-0.2, -0.15) is 18.3 Å². The molecule has 0 aliphatic heterocycles. The van der Waals surface area contributed by atoms with Crippen LogP contribution in [0.2, 0.25) is 0 Å². The zero-order valence-corrected chi connectivity index (χ0v) is 15.7. The molecule has 28 heavy (non-hydrogen) atoms. The minimum absolute atomic E-state index is 0.0285. The Labute approximate surface area is 164 Å². The summed E-state index contributed by atoms with van der Waals surface area (Å²) in [7, 11) is 0. The van der Waals surface area contributed by atoms with Crippen LogP contribution in [0.3, 0.4) is 0 Å². The third-order valence-electron chi connectivity index (χ3n) is 4.11. The molecule has 146 valence electrons. The average molecular weight is 406 g/mol. The van der Waals surface area contributed by atoms with E-state index in [0.29, 0.717) is 11.4 Å². The highest BCUT2D eigenvalue weighted by Crippen LogP contribution is 2.30. The number of carboxylic acids is 1. The number of alkyl halides is 3. The van der Waals surface area contributed by atoms with Crippen LogP contribution in [-0.4, -0.2) is 20.9 Å². The summed E-state index contributed by atoms with van der Waals surface area (Å²) >= 11 is 1.55. The lowest BCUT2D eigenvalue weighted by Crippen LogP contribution is -2.05. The molecule has 0 spiro atoms. The van der Waals surface area contributed by atoms with Crippen LogP contribution in [0.5, 0.6) is 0 Å². The average Bonchev–Trinajstić information content (AvgIpc) is 3.00. The Morgan fingerprint density at radius 1 is 1.18 bits per heavy atom. The Morgan fingerprint density at radius 2 is 1.89 bits per heavy atom. The van der Waals surface area contributed by atoms with Crippen LogP contribution in [-0.2, 0) is 23.1 Å². The Hall–Kier alpha value is -2.74. The van der Waals surface area contributed by atoms with Gasteiger partial charge in [0, 0.05) is 22.4 Å². The number of carbonyl (C=O) groups is 1. The molecule has 1 N–H and O–H groups in total. The molecule has 1 heterocycles. The molecular formula is C20H17F3N2O2S. The topological polar surface area (TPSA) is 55.1 Å². The van der Waals surface area contributed by atoms with Gasteiger partial charge in [0.25, 0.3) is 0 Å². The van der Waals surface area contributed by atoms with E-state index in [0.717, 1.165) is 33.8 Å². The Morgan fingerprint density at radius 3 is 2.54 bits per heavy atom. The number of aryl methyl sites for hydroxylation is 1. The van der Waals surface area contributed by atoms with Gasteiger partial charge in [0.05, 0.1) is 23.4 Å². The fourth-order valence-electron chi connectivity index (χ4n) is 2.65. The van der Waals surface area contributed by atoms with Crippen molar-refractivity contribution in [3.8, 4) is 5.69 Å². The number of hydrogen-bond acceptors (Lipinski definition) is 3. The number of rotatable bonds is 6. The van der Waals surface area contributed by atoms with Crippen molar-refractivity contribution in [3.63, 3.8) is 0 Å². The molecule has 0 atom stereocenters. The van der Waals surface area contributed by atoms with E-state index in [4.69, 9.17) is 5.11 Å². The van der Waals surface area contributed by atoms with Crippen molar-refractivity contribution in [1.29, 1.82) is 0 Å². The van der Waals surface area contributed by atoms with Crippen LogP contribution in [0.25, 0.3) is 5.69 Å². The fraction of sp³-hybridized carbons (Fsp3) is 0.200. The molecular weight excluding hydrogens is 389 g/mol. The molecule has 1 aromatic heterocycles. The second kappa shape index (κ2) is 8.10. The second-order valence-electron chi connectivity index (χ2n) is 6.24. The van der Waals surface area contributed by atoms with Crippen LogP contribution < -0.4 is 0 Å². The Bertz CT molecular complexity index is 982. The molecule has 3 rings (SSSR count). The van der Waals surface area contributed by atoms with E-state index >= 15 is 0 Å². The van der Waals surface area contributed by atoms with Gasteiger partial charge in [-0.1, -0.05) is 12.1 Å². The molecule has 3 aromatic rings. The summed E-state index contributed by atoms with van der Waals surface area (Å²) in [5.41, 5.74) is 2.32. The minimum Gasteiger partial charge on any atom is -0.481 e. The predicted octanol–water partition coefficient (Wildman–Crippen LogP) is 5.12. The van der Waals surface area contributed by atoms with Gasteiger partial charge in [0.1, 0.15) is 0 Å². The van der Waals surface area contributed by atoms with E-state index in [1.54, 1.807) is 28.7 Å². The van der Waals surface area contributed by atoms with Crippen molar-refractivity contribution in [3.05, 3.63) is 77.1 Å². The third kappa shape index (κ3) is 4.95. The molecule has 0 aliphatic carbocycles. The number of aliphatic carboxylic acids is 1. The van der Waals surface area contributed by atoms with Gasteiger partial charge in [-0.05, 0) is 48.9 Å². The molecule has 4 nitrogen and oxygen atoms in total. The van der Waals surface area contributed by atoms with E-state index in [-0.39, 0.29) is 6.42 Å². The smallest absolute Gasteiger partial charge is 0.416 e. The SMILES string of the molecule is Cc1nn(-c2ccc(C(F)(F)F)cc2)cc1CSc1cccc(CC(=O)O)c1. The molecule has 0 amide bonds. The second-order valence-corrected chi connectivity index (χ2v) is 7.28. The van der Waals surface area contributed by atoms with E-state index in [1.165, 1.54) is 12.1 Å². The van der Waals surface area contributed by atoms with Gasteiger partial charge in [-0.3, -0.25) is 4.79 Å². The molecule has 0 bridgehead atoms. The van der Waals surface area contributed by atoms with Crippen LogP contribution in [0.15, 0.2) is 59.6 Å². The van der Waals surface area contributed by atoms with Gasteiger partial charge >= 0.3 is 12.1 Å². The monoisotopic (exact) mass is 406 g/mol. The lowest BCUT2D eigenvalue weighted by molar-refractivity contribution is -0.138. The Balaban J connectivity index is 1.72. The largest absolute Gasteiger partial charge is 0.481 e. The maximum atomic E-state index is 12.7. The number of aromatic nitrogens is 2. The van der Waals surface area contributed by atoms with Crippen LogP contribution in [0.1, 0.15) is 22.4 Å². The summed E-state index contributed by atoms with van der Waals surface area (Å²) < 4.78 is 39.6. The van der Waals surface area contributed by atoms with Crippen molar-refractivity contribution in [2.75, 3.05) is 0 Å². The summed E-state index contributed by atoms with van der Waals surface area (Å²) in [5.74, 6) is -0.265. The number of halogens is 3. The quantitative estimate of drug-likeness (QED) is 0.578. The highest BCUT2D eigenvalue weighted by atomic mass is 32.2. The summed E-state index contributed by atoms with van der Waals surface area (Å²) in [6.07, 6.45) is -2.60. The lowest BCUT2D eigenvalue weighted by Gasteiger charge is -2.07. The van der Waals surface area contributed by atoms with E-state index in [2.05, 4.69) is 5.10 Å². The van der Waals surface area contributed by atoms with Crippen molar-refractivity contribution in [1.82, 2.24) is 9.78 Å². The lowest BCUT2D eigenvalue weighted by atomic mass is 10.2. The van der Waals surface area contributed by atoms with Gasteiger partial charge in [-0.25, -0.2) is 4.68 Å². The third-order valence-corrected chi connectivity index (χ3v) is 5.15. The van der Waals surface area contributed by atoms with Gasteiger partial charge in [0.2, 0.25) is 0 Å². The van der Waals surface area contributed by atoms with Crippen molar-refractivity contribution >= 4 is 17.7 Å². The summed E-state index contributed by atoms with van der Waals surface area (Å²) in [6, 6.07) is 12.2. The first kappa shape index (κ1) is 20.0. The van der Waals surface area contributed by atoms with E-state index < -0.39 is 17.7 Å². The van der Waals surface area contributed by atoms with Gasteiger partial charge in [-0.15, -0.1) is 11.8 Å². The first-order valence-electron chi connectivity index (χ1n) is 8.38. The Kier molecular flexibility index (Phi) is 5.79. The summed E-state index contributed by atoms with van der Waals surface area (Å²) in [6.45, 7) is 1.84. The number of carboxylic acid groups (broad SMARTS) is 1. The number of hydrogen-bond donors (Lipinski definition) is 1. The van der Waals surface area contributed by atoms with Gasteiger partial charge < -0.3 is 5.11 Å².